The number of halogens is 1. The molecule has 1 rings (SSSR count). The summed E-state index contributed by atoms with van der Waals surface area (Å²) in [5, 5.41) is 3.42. The van der Waals surface area contributed by atoms with Crippen molar-refractivity contribution in [2.45, 2.75) is 33.3 Å². The van der Waals surface area contributed by atoms with E-state index in [0.717, 1.165) is 25.3 Å². The molecule has 0 aliphatic carbocycles. The standard InChI is InChI=1S/C14H22INO/c1-4-8-16-10-14(11(2)3)17-13-7-5-6-12(15)9-13/h5-7,9,11,14,16H,4,8,10H2,1-3H3. The fourth-order valence-electron chi connectivity index (χ4n) is 1.55. The molecule has 0 saturated heterocycles. The van der Waals surface area contributed by atoms with Crippen LogP contribution < -0.4 is 10.1 Å². The highest BCUT2D eigenvalue weighted by Crippen LogP contribution is 2.18. The summed E-state index contributed by atoms with van der Waals surface area (Å²) >= 11 is 2.31. The lowest BCUT2D eigenvalue weighted by Gasteiger charge is -2.23. The molecule has 0 spiro atoms. The second-order valence-electron chi connectivity index (χ2n) is 4.56. The Balaban J connectivity index is 2.54. The molecule has 96 valence electrons. The minimum Gasteiger partial charge on any atom is -0.489 e. The lowest BCUT2D eigenvalue weighted by atomic mass is 10.1. The van der Waals surface area contributed by atoms with Gasteiger partial charge in [0.25, 0.3) is 0 Å². The maximum absolute atomic E-state index is 6.04. The maximum atomic E-state index is 6.04. The van der Waals surface area contributed by atoms with E-state index in [1.54, 1.807) is 0 Å². The minimum atomic E-state index is 0.236. The average Bonchev–Trinajstić information content (AvgIpc) is 2.28. The van der Waals surface area contributed by atoms with Gasteiger partial charge in [-0.1, -0.05) is 26.8 Å². The Bertz CT molecular complexity index is 328. The summed E-state index contributed by atoms with van der Waals surface area (Å²) in [6, 6.07) is 8.22. The fourth-order valence-corrected chi connectivity index (χ4v) is 2.06. The van der Waals surface area contributed by atoms with Crippen LogP contribution >= 0.6 is 22.6 Å². The largest absolute Gasteiger partial charge is 0.489 e. The van der Waals surface area contributed by atoms with Gasteiger partial charge in [-0.25, -0.2) is 0 Å². The first-order valence-corrected chi connectivity index (χ1v) is 7.34. The van der Waals surface area contributed by atoms with Crippen molar-refractivity contribution in [2.24, 2.45) is 5.92 Å². The molecule has 1 N–H and O–H groups in total. The van der Waals surface area contributed by atoms with Gasteiger partial charge in [0, 0.05) is 10.1 Å². The lowest BCUT2D eigenvalue weighted by Crippen LogP contribution is -2.35. The van der Waals surface area contributed by atoms with E-state index in [1.165, 1.54) is 3.57 Å². The SMILES string of the molecule is CCCNCC(Oc1cccc(I)c1)C(C)C. The van der Waals surface area contributed by atoms with E-state index >= 15 is 0 Å². The summed E-state index contributed by atoms with van der Waals surface area (Å²) in [6.45, 7) is 8.55. The number of hydrogen-bond acceptors (Lipinski definition) is 2. The van der Waals surface area contributed by atoms with E-state index < -0.39 is 0 Å². The molecule has 3 heteroatoms. The smallest absolute Gasteiger partial charge is 0.120 e. The van der Waals surface area contributed by atoms with Crippen LogP contribution in [0, 0.1) is 9.49 Å². The Kier molecular flexibility index (Phi) is 6.89. The van der Waals surface area contributed by atoms with E-state index in [2.05, 4.69) is 60.8 Å². The Hall–Kier alpha value is -0.290. The molecule has 17 heavy (non-hydrogen) atoms. The molecule has 0 amide bonds. The first-order valence-electron chi connectivity index (χ1n) is 6.26. The molecule has 0 saturated carbocycles. The second kappa shape index (κ2) is 7.93. The van der Waals surface area contributed by atoms with Crippen LogP contribution in [0.4, 0.5) is 0 Å². The summed E-state index contributed by atoms with van der Waals surface area (Å²) in [7, 11) is 0. The van der Waals surface area contributed by atoms with Gasteiger partial charge in [0.05, 0.1) is 0 Å². The Morgan fingerprint density at radius 3 is 2.71 bits per heavy atom. The van der Waals surface area contributed by atoms with Crippen molar-refractivity contribution in [1.82, 2.24) is 5.32 Å². The number of hydrogen-bond donors (Lipinski definition) is 1. The molecule has 0 heterocycles. The molecular weight excluding hydrogens is 325 g/mol. The van der Waals surface area contributed by atoms with Gasteiger partial charge in [0.2, 0.25) is 0 Å². The molecule has 0 aliphatic heterocycles. The van der Waals surface area contributed by atoms with Gasteiger partial charge in [-0.3, -0.25) is 0 Å². The van der Waals surface area contributed by atoms with Crippen LogP contribution in [-0.4, -0.2) is 19.2 Å². The molecular formula is C14H22INO. The van der Waals surface area contributed by atoms with E-state index in [0.29, 0.717) is 5.92 Å². The van der Waals surface area contributed by atoms with Crippen LogP contribution in [0.15, 0.2) is 24.3 Å². The topological polar surface area (TPSA) is 21.3 Å². The van der Waals surface area contributed by atoms with E-state index in [4.69, 9.17) is 4.74 Å². The van der Waals surface area contributed by atoms with Crippen LogP contribution in [0.3, 0.4) is 0 Å². The average molecular weight is 347 g/mol. The quantitative estimate of drug-likeness (QED) is 0.600. The maximum Gasteiger partial charge on any atom is 0.120 e. The van der Waals surface area contributed by atoms with Crippen LogP contribution in [-0.2, 0) is 0 Å². The zero-order valence-corrected chi connectivity index (χ0v) is 13.0. The van der Waals surface area contributed by atoms with E-state index in [9.17, 15) is 0 Å². The van der Waals surface area contributed by atoms with Crippen molar-refractivity contribution in [1.29, 1.82) is 0 Å². The number of rotatable bonds is 7. The molecule has 0 fully saturated rings. The third kappa shape index (κ3) is 5.73. The van der Waals surface area contributed by atoms with Gasteiger partial charge in [0.15, 0.2) is 0 Å². The third-order valence-electron chi connectivity index (χ3n) is 2.60. The van der Waals surface area contributed by atoms with Gasteiger partial charge in [-0.2, -0.15) is 0 Å². The lowest BCUT2D eigenvalue weighted by molar-refractivity contribution is 0.149. The van der Waals surface area contributed by atoms with Crippen molar-refractivity contribution in [3.63, 3.8) is 0 Å². The van der Waals surface area contributed by atoms with Crippen molar-refractivity contribution in [3.8, 4) is 5.75 Å². The second-order valence-corrected chi connectivity index (χ2v) is 5.81. The number of ether oxygens (including phenoxy) is 1. The van der Waals surface area contributed by atoms with Crippen LogP contribution in [0.5, 0.6) is 5.75 Å². The molecule has 1 aromatic carbocycles. The fraction of sp³-hybridized carbons (Fsp3) is 0.571. The first-order chi connectivity index (χ1) is 8.13. The molecule has 1 unspecified atom stereocenters. The van der Waals surface area contributed by atoms with Crippen molar-refractivity contribution < 1.29 is 4.74 Å². The van der Waals surface area contributed by atoms with Gasteiger partial charge in [-0.05, 0) is 59.7 Å². The highest BCUT2D eigenvalue weighted by Gasteiger charge is 2.14. The van der Waals surface area contributed by atoms with Crippen molar-refractivity contribution in [3.05, 3.63) is 27.8 Å². The van der Waals surface area contributed by atoms with Gasteiger partial charge < -0.3 is 10.1 Å². The zero-order chi connectivity index (χ0) is 12.7. The third-order valence-corrected chi connectivity index (χ3v) is 3.27. The summed E-state index contributed by atoms with van der Waals surface area (Å²) < 4.78 is 7.25. The minimum absolute atomic E-state index is 0.236. The Morgan fingerprint density at radius 1 is 1.35 bits per heavy atom. The van der Waals surface area contributed by atoms with Gasteiger partial charge in [0.1, 0.15) is 11.9 Å². The van der Waals surface area contributed by atoms with Crippen LogP contribution in [0.25, 0.3) is 0 Å². The Morgan fingerprint density at radius 2 is 2.12 bits per heavy atom. The molecule has 2 nitrogen and oxygen atoms in total. The van der Waals surface area contributed by atoms with Crippen LogP contribution in [0.2, 0.25) is 0 Å². The normalized spacial score (nSPS) is 12.8. The predicted octanol–water partition coefficient (Wildman–Crippen LogP) is 3.69. The van der Waals surface area contributed by atoms with Gasteiger partial charge >= 0.3 is 0 Å². The molecule has 0 aliphatic rings. The van der Waals surface area contributed by atoms with Crippen LogP contribution in [0.1, 0.15) is 27.2 Å². The highest BCUT2D eigenvalue weighted by atomic mass is 127. The summed E-state index contributed by atoms with van der Waals surface area (Å²) in [4.78, 5) is 0. The van der Waals surface area contributed by atoms with Crippen molar-refractivity contribution >= 4 is 22.6 Å². The van der Waals surface area contributed by atoms with E-state index in [-0.39, 0.29) is 6.10 Å². The number of benzene rings is 1. The first kappa shape index (κ1) is 14.8. The zero-order valence-electron chi connectivity index (χ0n) is 10.9. The van der Waals surface area contributed by atoms with Crippen molar-refractivity contribution in [2.75, 3.05) is 13.1 Å². The van der Waals surface area contributed by atoms with E-state index in [1.807, 2.05) is 12.1 Å². The summed E-state index contributed by atoms with van der Waals surface area (Å²) in [6.07, 6.45) is 1.40. The Labute approximate surface area is 118 Å². The monoisotopic (exact) mass is 347 g/mol. The number of nitrogens with one attached hydrogen (secondary N) is 1. The molecule has 1 aromatic rings. The molecule has 1 atom stereocenters. The summed E-state index contributed by atoms with van der Waals surface area (Å²) in [5.41, 5.74) is 0. The molecule has 0 radical (unpaired) electrons. The molecule has 0 aromatic heterocycles. The highest BCUT2D eigenvalue weighted by molar-refractivity contribution is 14.1. The van der Waals surface area contributed by atoms with Gasteiger partial charge in [-0.15, -0.1) is 0 Å². The predicted molar refractivity (Wildman–Crippen MR) is 81.6 cm³/mol. The summed E-state index contributed by atoms with van der Waals surface area (Å²) in [5.74, 6) is 1.48. The molecule has 0 bridgehead atoms.